The van der Waals surface area contributed by atoms with Gasteiger partial charge >= 0.3 is 0 Å². The SMILES string of the molecule is COc1ccc(Cc2noc(-c3sccc3O)n2)cc1. The number of benzene rings is 1. The number of aromatic hydroxyl groups is 1. The van der Waals surface area contributed by atoms with Gasteiger partial charge in [-0.2, -0.15) is 4.98 Å². The number of hydrogen-bond donors (Lipinski definition) is 1. The monoisotopic (exact) mass is 288 g/mol. The van der Waals surface area contributed by atoms with Crippen molar-refractivity contribution in [2.75, 3.05) is 7.11 Å². The van der Waals surface area contributed by atoms with Crippen molar-refractivity contribution in [2.24, 2.45) is 0 Å². The molecular weight excluding hydrogens is 276 g/mol. The summed E-state index contributed by atoms with van der Waals surface area (Å²) in [6, 6.07) is 9.30. The zero-order chi connectivity index (χ0) is 13.9. The topological polar surface area (TPSA) is 68.4 Å². The molecule has 0 aliphatic carbocycles. The Kier molecular flexibility index (Phi) is 3.39. The van der Waals surface area contributed by atoms with E-state index in [2.05, 4.69) is 10.1 Å². The third-order valence-electron chi connectivity index (χ3n) is 2.83. The largest absolute Gasteiger partial charge is 0.506 e. The summed E-state index contributed by atoms with van der Waals surface area (Å²) < 4.78 is 10.3. The third kappa shape index (κ3) is 2.50. The van der Waals surface area contributed by atoms with Crippen LogP contribution in [0.5, 0.6) is 11.5 Å². The Morgan fingerprint density at radius 3 is 2.70 bits per heavy atom. The van der Waals surface area contributed by atoms with Gasteiger partial charge in [-0.3, -0.25) is 0 Å². The number of methoxy groups -OCH3 is 1. The van der Waals surface area contributed by atoms with E-state index in [1.807, 2.05) is 24.3 Å². The predicted molar refractivity (Wildman–Crippen MR) is 75.1 cm³/mol. The molecule has 1 N–H and O–H groups in total. The minimum Gasteiger partial charge on any atom is -0.506 e. The van der Waals surface area contributed by atoms with Crippen LogP contribution >= 0.6 is 11.3 Å². The number of nitrogens with zero attached hydrogens (tertiary/aromatic N) is 2. The molecule has 0 bridgehead atoms. The highest BCUT2D eigenvalue weighted by atomic mass is 32.1. The number of rotatable bonds is 4. The van der Waals surface area contributed by atoms with E-state index in [-0.39, 0.29) is 5.75 Å². The quantitative estimate of drug-likeness (QED) is 0.799. The molecule has 0 atom stereocenters. The van der Waals surface area contributed by atoms with Crippen molar-refractivity contribution in [1.82, 2.24) is 10.1 Å². The van der Waals surface area contributed by atoms with Crippen LogP contribution in [0.3, 0.4) is 0 Å². The van der Waals surface area contributed by atoms with E-state index in [4.69, 9.17) is 9.26 Å². The van der Waals surface area contributed by atoms with Gasteiger partial charge in [0.1, 0.15) is 16.4 Å². The van der Waals surface area contributed by atoms with Crippen LogP contribution in [0, 0.1) is 0 Å². The van der Waals surface area contributed by atoms with E-state index in [0.29, 0.717) is 23.0 Å². The second-order valence-electron chi connectivity index (χ2n) is 4.18. The van der Waals surface area contributed by atoms with Gasteiger partial charge in [0, 0.05) is 6.42 Å². The lowest BCUT2D eigenvalue weighted by Gasteiger charge is -2.00. The summed E-state index contributed by atoms with van der Waals surface area (Å²) in [5.41, 5.74) is 1.06. The Bertz CT molecular complexity index is 703. The van der Waals surface area contributed by atoms with Gasteiger partial charge in [-0.25, -0.2) is 0 Å². The van der Waals surface area contributed by atoms with Crippen LogP contribution < -0.4 is 4.74 Å². The molecule has 0 radical (unpaired) electrons. The van der Waals surface area contributed by atoms with E-state index in [1.165, 1.54) is 11.3 Å². The molecule has 0 aliphatic heterocycles. The molecule has 0 spiro atoms. The Morgan fingerprint density at radius 2 is 2.05 bits per heavy atom. The molecule has 102 valence electrons. The van der Waals surface area contributed by atoms with Crippen molar-refractivity contribution in [3.8, 4) is 22.3 Å². The molecule has 6 heteroatoms. The summed E-state index contributed by atoms with van der Waals surface area (Å²) in [5, 5.41) is 15.3. The van der Waals surface area contributed by atoms with Crippen LogP contribution in [0.1, 0.15) is 11.4 Å². The van der Waals surface area contributed by atoms with Crippen molar-refractivity contribution >= 4 is 11.3 Å². The van der Waals surface area contributed by atoms with Crippen LogP contribution in [-0.2, 0) is 6.42 Å². The lowest BCUT2D eigenvalue weighted by molar-refractivity contribution is 0.414. The fraction of sp³-hybridized carbons (Fsp3) is 0.143. The van der Waals surface area contributed by atoms with Crippen molar-refractivity contribution in [3.05, 3.63) is 47.1 Å². The second-order valence-corrected chi connectivity index (χ2v) is 5.09. The summed E-state index contributed by atoms with van der Waals surface area (Å²) in [7, 11) is 1.63. The summed E-state index contributed by atoms with van der Waals surface area (Å²) >= 11 is 1.36. The van der Waals surface area contributed by atoms with Crippen molar-refractivity contribution in [1.29, 1.82) is 0 Å². The number of ether oxygens (including phenoxy) is 1. The maximum Gasteiger partial charge on any atom is 0.271 e. The molecule has 5 nitrogen and oxygen atoms in total. The average Bonchev–Trinajstić information content (AvgIpc) is 3.08. The summed E-state index contributed by atoms with van der Waals surface area (Å²) in [6.45, 7) is 0. The normalized spacial score (nSPS) is 10.7. The molecule has 20 heavy (non-hydrogen) atoms. The standard InChI is InChI=1S/C14H12N2O3S/c1-18-10-4-2-9(3-5-10)8-12-15-14(19-16-12)13-11(17)6-7-20-13/h2-7,17H,8H2,1H3. The molecule has 0 fully saturated rings. The molecule has 1 aromatic carbocycles. The fourth-order valence-electron chi connectivity index (χ4n) is 1.81. The minimum absolute atomic E-state index is 0.162. The molecule has 0 amide bonds. The number of hydrogen-bond acceptors (Lipinski definition) is 6. The molecular formula is C14H12N2O3S. The molecule has 0 saturated heterocycles. The van der Waals surface area contributed by atoms with Crippen molar-refractivity contribution in [2.45, 2.75) is 6.42 Å². The maximum absolute atomic E-state index is 9.63. The van der Waals surface area contributed by atoms with Gasteiger partial charge in [0.25, 0.3) is 5.89 Å². The summed E-state index contributed by atoms with van der Waals surface area (Å²) in [5.74, 6) is 1.90. The van der Waals surface area contributed by atoms with Gasteiger partial charge in [0.05, 0.1) is 7.11 Å². The Labute approximate surface area is 119 Å². The van der Waals surface area contributed by atoms with Crippen LogP contribution in [-0.4, -0.2) is 22.4 Å². The van der Waals surface area contributed by atoms with E-state index < -0.39 is 0 Å². The van der Waals surface area contributed by atoms with E-state index in [9.17, 15) is 5.11 Å². The lowest BCUT2D eigenvalue weighted by atomic mass is 10.1. The van der Waals surface area contributed by atoms with E-state index in [0.717, 1.165) is 11.3 Å². The Hall–Kier alpha value is -2.34. The first kappa shape index (κ1) is 12.7. The maximum atomic E-state index is 9.63. The van der Waals surface area contributed by atoms with Gasteiger partial charge in [0.15, 0.2) is 5.82 Å². The van der Waals surface area contributed by atoms with Crippen molar-refractivity contribution < 1.29 is 14.4 Å². The van der Waals surface area contributed by atoms with Gasteiger partial charge in [-0.15, -0.1) is 11.3 Å². The molecule has 3 aromatic rings. The zero-order valence-electron chi connectivity index (χ0n) is 10.7. The smallest absolute Gasteiger partial charge is 0.271 e. The zero-order valence-corrected chi connectivity index (χ0v) is 11.6. The number of aromatic nitrogens is 2. The lowest BCUT2D eigenvalue weighted by Crippen LogP contribution is -1.91. The first-order chi connectivity index (χ1) is 9.76. The van der Waals surface area contributed by atoms with Gasteiger partial charge in [0.2, 0.25) is 0 Å². The Balaban J connectivity index is 1.78. The molecule has 2 heterocycles. The molecule has 2 aromatic heterocycles. The molecule has 0 unspecified atom stereocenters. The Morgan fingerprint density at radius 1 is 1.25 bits per heavy atom. The molecule has 0 saturated carbocycles. The molecule has 0 aliphatic rings. The molecule has 3 rings (SSSR count). The van der Waals surface area contributed by atoms with Crippen LogP contribution in [0.2, 0.25) is 0 Å². The van der Waals surface area contributed by atoms with Crippen LogP contribution in [0.4, 0.5) is 0 Å². The summed E-state index contributed by atoms with van der Waals surface area (Å²) in [6.07, 6.45) is 0.569. The van der Waals surface area contributed by atoms with Crippen molar-refractivity contribution in [3.63, 3.8) is 0 Å². The highest BCUT2D eigenvalue weighted by Gasteiger charge is 2.14. The van der Waals surface area contributed by atoms with Gasteiger partial charge in [-0.05, 0) is 29.1 Å². The van der Waals surface area contributed by atoms with Crippen LogP contribution in [0.15, 0.2) is 40.2 Å². The third-order valence-corrected chi connectivity index (χ3v) is 3.72. The van der Waals surface area contributed by atoms with E-state index >= 15 is 0 Å². The first-order valence-electron chi connectivity index (χ1n) is 5.98. The highest BCUT2D eigenvalue weighted by molar-refractivity contribution is 7.13. The first-order valence-corrected chi connectivity index (χ1v) is 6.86. The van der Waals surface area contributed by atoms with Crippen LogP contribution in [0.25, 0.3) is 10.8 Å². The van der Waals surface area contributed by atoms with E-state index in [1.54, 1.807) is 18.6 Å². The van der Waals surface area contributed by atoms with Gasteiger partial charge in [-0.1, -0.05) is 17.3 Å². The minimum atomic E-state index is 0.162. The number of thiophene rings is 1. The average molecular weight is 288 g/mol. The van der Waals surface area contributed by atoms with Gasteiger partial charge < -0.3 is 14.4 Å². The predicted octanol–water partition coefficient (Wildman–Crippen LogP) is 3.10. The second kappa shape index (κ2) is 5.34. The highest BCUT2D eigenvalue weighted by Crippen LogP contribution is 2.33. The fourth-order valence-corrected chi connectivity index (χ4v) is 2.51. The summed E-state index contributed by atoms with van der Waals surface area (Å²) in [4.78, 5) is 4.89.